The maximum absolute atomic E-state index is 12.0. The van der Waals surface area contributed by atoms with E-state index in [1.165, 1.54) is 44.9 Å². The Kier molecular flexibility index (Phi) is 5.78. The predicted molar refractivity (Wildman–Crippen MR) is 85.9 cm³/mol. The fourth-order valence-electron chi connectivity index (χ4n) is 4.44. The number of carbonyl (C=O) groups excluding carboxylic acids is 1. The summed E-state index contributed by atoms with van der Waals surface area (Å²) >= 11 is 0. The summed E-state index contributed by atoms with van der Waals surface area (Å²) in [4.78, 5) is 14.0. The first-order valence-electron chi connectivity index (χ1n) is 8.35. The molecule has 0 unspecified atom stereocenters. The molecule has 2 saturated heterocycles. The Morgan fingerprint density at radius 2 is 1.90 bits per heavy atom. The number of carbonyl (C=O) groups is 1. The van der Waals surface area contributed by atoms with E-state index in [2.05, 4.69) is 12.2 Å². The number of hydrogen-bond donors (Lipinski definition) is 1. The van der Waals surface area contributed by atoms with Gasteiger partial charge >= 0.3 is 6.09 Å². The standard InChI is InChI=1S/C16H28N2O2.ClH/c1-13-11-20-15(19)18(13)12-16(7-9-17-10-8-16)14-5-3-2-4-6-14;/h13-14,17H,2-12H2,1H3;1H/t13-;/m0./s1. The van der Waals surface area contributed by atoms with Gasteiger partial charge in [-0.05, 0) is 57.0 Å². The van der Waals surface area contributed by atoms with Gasteiger partial charge in [0.15, 0.2) is 0 Å². The molecule has 1 amide bonds. The number of piperidine rings is 1. The van der Waals surface area contributed by atoms with Crippen LogP contribution in [0.5, 0.6) is 0 Å². The molecule has 2 aliphatic heterocycles. The number of nitrogens with one attached hydrogen (secondary N) is 1. The zero-order chi connectivity index (χ0) is 14.0. The molecule has 3 aliphatic rings. The van der Waals surface area contributed by atoms with Crippen LogP contribution in [-0.2, 0) is 4.74 Å². The van der Waals surface area contributed by atoms with Crippen molar-refractivity contribution in [2.45, 2.75) is 57.9 Å². The molecular formula is C16H29ClN2O2. The van der Waals surface area contributed by atoms with Gasteiger partial charge in [-0.25, -0.2) is 4.79 Å². The van der Waals surface area contributed by atoms with Crippen LogP contribution in [0.4, 0.5) is 4.79 Å². The van der Waals surface area contributed by atoms with Crippen LogP contribution in [-0.4, -0.2) is 43.3 Å². The van der Waals surface area contributed by atoms with Crippen molar-refractivity contribution in [3.05, 3.63) is 0 Å². The van der Waals surface area contributed by atoms with Crippen LogP contribution in [0.15, 0.2) is 0 Å². The van der Waals surface area contributed by atoms with Crippen molar-refractivity contribution in [2.24, 2.45) is 11.3 Å². The van der Waals surface area contributed by atoms with Gasteiger partial charge in [-0.1, -0.05) is 19.3 Å². The Bertz CT molecular complexity index is 352. The van der Waals surface area contributed by atoms with E-state index in [4.69, 9.17) is 4.74 Å². The van der Waals surface area contributed by atoms with Crippen LogP contribution in [0.25, 0.3) is 0 Å². The molecule has 4 nitrogen and oxygen atoms in total. The van der Waals surface area contributed by atoms with E-state index in [9.17, 15) is 4.79 Å². The normalized spacial score (nSPS) is 29.9. The number of hydrogen-bond acceptors (Lipinski definition) is 3. The van der Waals surface area contributed by atoms with Gasteiger partial charge < -0.3 is 15.0 Å². The Hall–Kier alpha value is -0.480. The van der Waals surface area contributed by atoms with Crippen LogP contribution in [0.3, 0.4) is 0 Å². The van der Waals surface area contributed by atoms with Crippen molar-refractivity contribution in [1.29, 1.82) is 0 Å². The second kappa shape index (κ2) is 7.19. The van der Waals surface area contributed by atoms with Crippen molar-refractivity contribution in [3.8, 4) is 0 Å². The van der Waals surface area contributed by atoms with Crippen molar-refractivity contribution in [2.75, 3.05) is 26.2 Å². The second-order valence-corrected chi connectivity index (χ2v) is 7.00. The van der Waals surface area contributed by atoms with Gasteiger partial charge in [0.2, 0.25) is 0 Å². The van der Waals surface area contributed by atoms with Gasteiger partial charge in [-0.2, -0.15) is 0 Å². The molecule has 0 aromatic heterocycles. The Morgan fingerprint density at radius 3 is 2.48 bits per heavy atom. The average molecular weight is 317 g/mol. The number of rotatable bonds is 3. The summed E-state index contributed by atoms with van der Waals surface area (Å²) in [7, 11) is 0. The smallest absolute Gasteiger partial charge is 0.410 e. The third kappa shape index (κ3) is 3.48. The first-order valence-corrected chi connectivity index (χ1v) is 8.35. The van der Waals surface area contributed by atoms with E-state index in [1.807, 2.05) is 4.90 Å². The van der Waals surface area contributed by atoms with Crippen LogP contribution in [0.1, 0.15) is 51.9 Å². The van der Waals surface area contributed by atoms with E-state index >= 15 is 0 Å². The maximum atomic E-state index is 12.0. The van der Waals surface area contributed by atoms with Crippen molar-refractivity contribution in [1.82, 2.24) is 10.2 Å². The minimum absolute atomic E-state index is 0. The summed E-state index contributed by atoms with van der Waals surface area (Å²) in [6.45, 7) is 5.80. The molecule has 5 heteroatoms. The Morgan fingerprint density at radius 1 is 1.24 bits per heavy atom. The lowest BCUT2D eigenvalue weighted by atomic mass is 9.63. The van der Waals surface area contributed by atoms with Gasteiger partial charge in [0.1, 0.15) is 6.61 Å². The first kappa shape index (κ1) is 16.9. The highest BCUT2D eigenvalue weighted by molar-refractivity contribution is 5.85. The fourth-order valence-corrected chi connectivity index (χ4v) is 4.44. The number of halogens is 1. The summed E-state index contributed by atoms with van der Waals surface area (Å²) in [6, 6.07) is 0.248. The van der Waals surface area contributed by atoms with Gasteiger partial charge in [-0.15, -0.1) is 12.4 Å². The highest BCUT2D eigenvalue weighted by Crippen LogP contribution is 2.45. The fraction of sp³-hybridized carbons (Fsp3) is 0.938. The van der Waals surface area contributed by atoms with Crippen LogP contribution in [0, 0.1) is 11.3 Å². The third-order valence-corrected chi connectivity index (χ3v) is 5.77. The number of nitrogens with zero attached hydrogens (tertiary/aromatic N) is 1. The number of ether oxygens (including phenoxy) is 1. The second-order valence-electron chi connectivity index (χ2n) is 7.00. The molecule has 21 heavy (non-hydrogen) atoms. The molecule has 3 rings (SSSR count). The molecule has 0 spiro atoms. The SMILES string of the molecule is C[C@H]1COC(=O)N1CC1(C2CCCCC2)CCNCC1.Cl. The molecule has 0 aromatic carbocycles. The number of amides is 1. The van der Waals surface area contributed by atoms with Crippen molar-refractivity contribution >= 4 is 18.5 Å². The van der Waals surface area contributed by atoms with Gasteiger partial charge in [-0.3, -0.25) is 0 Å². The maximum Gasteiger partial charge on any atom is 0.410 e. The molecule has 0 radical (unpaired) electrons. The van der Waals surface area contributed by atoms with E-state index < -0.39 is 0 Å². The van der Waals surface area contributed by atoms with Crippen molar-refractivity contribution < 1.29 is 9.53 Å². The van der Waals surface area contributed by atoms with E-state index in [0.29, 0.717) is 12.0 Å². The quantitative estimate of drug-likeness (QED) is 0.869. The molecule has 3 fully saturated rings. The molecular weight excluding hydrogens is 288 g/mol. The summed E-state index contributed by atoms with van der Waals surface area (Å²) in [5, 5.41) is 3.49. The summed E-state index contributed by atoms with van der Waals surface area (Å²) in [5.74, 6) is 0.805. The largest absolute Gasteiger partial charge is 0.447 e. The lowest BCUT2D eigenvalue weighted by Gasteiger charge is -2.47. The highest BCUT2D eigenvalue weighted by atomic mass is 35.5. The Balaban J connectivity index is 0.00000161. The average Bonchev–Trinajstić information content (AvgIpc) is 2.81. The van der Waals surface area contributed by atoms with Gasteiger partial charge in [0.25, 0.3) is 0 Å². The monoisotopic (exact) mass is 316 g/mol. The molecule has 1 N–H and O–H groups in total. The van der Waals surface area contributed by atoms with E-state index in [-0.39, 0.29) is 24.5 Å². The van der Waals surface area contributed by atoms with E-state index in [1.54, 1.807) is 0 Å². The lowest BCUT2D eigenvalue weighted by Crippen LogP contribution is -2.51. The molecule has 1 atom stereocenters. The predicted octanol–water partition coefficient (Wildman–Crippen LogP) is 3.20. The molecule has 0 aromatic rings. The topological polar surface area (TPSA) is 41.6 Å². The summed E-state index contributed by atoms with van der Waals surface area (Å²) < 4.78 is 5.22. The zero-order valence-electron chi connectivity index (χ0n) is 13.1. The van der Waals surface area contributed by atoms with Crippen LogP contribution < -0.4 is 5.32 Å². The lowest BCUT2D eigenvalue weighted by molar-refractivity contribution is 0.0377. The van der Waals surface area contributed by atoms with Gasteiger partial charge in [0.05, 0.1) is 6.04 Å². The van der Waals surface area contributed by atoms with E-state index in [0.717, 1.165) is 25.6 Å². The molecule has 122 valence electrons. The third-order valence-electron chi connectivity index (χ3n) is 5.77. The minimum atomic E-state index is -0.0915. The molecule has 0 bridgehead atoms. The molecule has 1 saturated carbocycles. The first-order chi connectivity index (χ1) is 9.71. The van der Waals surface area contributed by atoms with Gasteiger partial charge in [0, 0.05) is 6.54 Å². The van der Waals surface area contributed by atoms with Crippen LogP contribution >= 0.6 is 12.4 Å². The number of cyclic esters (lactones) is 1. The van der Waals surface area contributed by atoms with Crippen LogP contribution in [0.2, 0.25) is 0 Å². The molecule has 1 aliphatic carbocycles. The van der Waals surface area contributed by atoms with Crippen molar-refractivity contribution in [3.63, 3.8) is 0 Å². The molecule has 2 heterocycles. The highest BCUT2D eigenvalue weighted by Gasteiger charge is 2.44. The zero-order valence-corrected chi connectivity index (χ0v) is 13.9. The Labute approximate surface area is 134 Å². The minimum Gasteiger partial charge on any atom is -0.447 e. The summed E-state index contributed by atoms with van der Waals surface area (Å²) in [5.41, 5.74) is 0.337. The summed E-state index contributed by atoms with van der Waals surface area (Å²) in [6.07, 6.45) is 9.20.